The monoisotopic (exact) mass is 535 g/mol. The molecule has 3 amide bonds. The molecule has 0 aliphatic carbocycles. The molecule has 4 N–H and O–H groups in total. The van der Waals surface area contributed by atoms with Gasteiger partial charge in [0.2, 0.25) is 5.91 Å². The number of aliphatic carboxylic acids is 1. The van der Waals surface area contributed by atoms with E-state index in [0.717, 1.165) is 11.1 Å². The molecule has 2 aromatic carbocycles. The zero-order chi connectivity index (χ0) is 28.5. The van der Waals surface area contributed by atoms with Gasteiger partial charge in [-0.2, -0.15) is 5.10 Å². The first kappa shape index (κ1) is 29.2. The summed E-state index contributed by atoms with van der Waals surface area (Å²) in [5, 5.41) is 22.4. The summed E-state index contributed by atoms with van der Waals surface area (Å²) in [4.78, 5) is 36.7. The summed E-state index contributed by atoms with van der Waals surface area (Å²) >= 11 is 0. The highest BCUT2D eigenvalue weighted by molar-refractivity contribution is 6.01. The topological polar surface area (TPSA) is 135 Å². The third-order valence-corrected chi connectivity index (χ3v) is 6.22. The van der Waals surface area contributed by atoms with Gasteiger partial charge in [0.05, 0.1) is 43.4 Å². The van der Waals surface area contributed by atoms with Crippen LogP contribution in [0.1, 0.15) is 50.1 Å². The number of carbonyl (C=O) groups excluding carboxylic acids is 2. The highest BCUT2D eigenvalue weighted by Gasteiger charge is 2.21. The van der Waals surface area contributed by atoms with Crippen LogP contribution in [0, 0.1) is 18.8 Å². The number of ether oxygens (including phenoxy) is 1. The SMILES string of the molecule is COc1cc(CC(=O)NC(CC(C)C)c2ccn(CC(C)C(=O)O)n2)ccc1NC(=O)Nc1ccccc1C. The molecule has 3 rings (SSSR count). The molecule has 0 spiro atoms. The molecular formula is C29H37N5O5. The Morgan fingerprint density at radius 1 is 1.03 bits per heavy atom. The Hall–Kier alpha value is -4.34. The number of nitrogens with one attached hydrogen (secondary N) is 3. The zero-order valence-electron chi connectivity index (χ0n) is 23.0. The summed E-state index contributed by atoms with van der Waals surface area (Å²) < 4.78 is 7.06. The number of hydrogen-bond acceptors (Lipinski definition) is 5. The van der Waals surface area contributed by atoms with E-state index in [4.69, 9.17) is 4.74 Å². The first-order valence-electron chi connectivity index (χ1n) is 12.9. The number of aryl methyl sites for hydroxylation is 1. The number of carboxylic acids is 1. The van der Waals surface area contributed by atoms with E-state index in [-0.39, 0.29) is 24.9 Å². The van der Waals surface area contributed by atoms with Gasteiger partial charge in [-0.3, -0.25) is 14.3 Å². The maximum Gasteiger partial charge on any atom is 0.323 e. The Labute approximate surface area is 228 Å². The predicted octanol–water partition coefficient (Wildman–Crippen LogP) is 5.01. The van der Waals surface area contributed by atoms with Gasteiger partial charge in [0.25, 0.3) is 0 Å². The van der Waals surface area contributed by atoms with Crippen LogP contribution in [0.15, 0.2) is 54.7 Å². The van der Waals surface area contributed by atoms with E-state index < -0.39 is 17.9 Å². The second-order valence-electron chi connectivity index (χ2n) is 10.1. The minimum Gasteiger partial charge on any atom is -0.495 e. The molecule has 2 unspecified atom stereocenters. The molecule has 10 nitrogen and oxygen atoms in total. The number of methoxy groups -OCH3 is 1. The van der Waals surface area contributed by atoms with E-state index in [1.807, 2.05) is 37.3 Å². The number of amides is 3. The number of rotatable bonds is 12. The lowest BCUT2D eigenvalue weighted by molar-refractivity contribution is -0.141. The summed E-state index contributed by atoms with van der Waals surface area (Å²) in [5.74, 6) is -0.909. The standard InChI is InChI=1S/C29H37N5O5/c1-18(2)14-25(23-12-13-34(33-23)17-20(4)28(36)37)30-27(35)16-21-10-11-24(26(15-21)39-5)32-29(38)31-22-9-7-6-8-19(22)3/h6-13,15,18,20,25H,14,16-17H2,1-5H3,(H,30,35)(H,36,37)(H2,31,32,38). The number of aromatic nitrogens is 2. The van der Waals surface area contributed by atoms with Crippen LogP contribution in [0.4, 0.5) is 16.2 Å². The number of benzene rings is 2. The van der Waals surface area contributed by atoms with Crippen molar-refractivity contribution < 1.29 is 24.2 Å². The lowest BCUT2D eigenvalue weighted by Gasteiger charge is -2.19. The molecule has 0 saturated heterocycles. The van der Waals surface area contributed by atoms with Gasteiger partial charge in [0.15, 0.2) is 0 Å². The molecule has 0 radical (unpaired) electrons. The van der Waals surface area contributed by atoms with Gasteiger partial charge in [0.1, 0.15) is 5.75 Å². The smallest absolute Gasteiger partial charge is 0.323 e. The second-order valence-corrected chi connectivity index (χ2v) is 10.1. The lowest BCUT2D eigenvalue weighted by Crippen LogP contribution is -2.31. The van der Waals surface area contributed by atoms with Crippen molar-refractivity contribution in [1.82, 2.24) is 15.1 Å². The number of urea groups is 1. The summed E-state index contributed by atoms with van der Waals surface area (Å²) in [6.45, 7) is 7.92. The van der Waals surface area contributed by atoms with E-state index >= 15 is 0 Å². The van der Waals surface area contributed by atoms with Crippen LogP contribution in [0.3, 0.4) is 0 Å². The largest absolute Gasteiger partial charge is 0.495 e. The fourth-order valence-electron chi connectivity index (χ4n) is 4.12. The van der Waals surface area contributed by atoms with Crippen molar-refractivity contribution >= 4 is 29.3 Å². The van der Waals surface area contributed by atoms with E-state index in [2.05, 4.69) is 34.9 Å². The van der Waals surface area contributed by atoms with Crippen LogP contribution in [0.5, 0.6) is 5.75 Å². The third-order valence-electron chi connectivity index (χ3n) is 6.22. The first-order valence-corrected chi connectivity index (χ1v) is 12.9. The lowest BCUT2D eigenvalue weighted by atomic mass is 10.0. The number of nitrogens with zero attached hydrogens (tertiary/aromatic N) is 2. The quantitative estimate of drug-likeness (QED) is 0.258. The number of anilines is 2. The first-order chi connectivity index (χ1) is 18.5. The minimum atomic E-state index is -0.886. The molecule has 10 heteroatoms. The van der Waals surface area contributed by atoms with Crippen molar-refractivity contribution in [2.45, 2.75) is 53.1 Å². The van der Waals surface area contributed by atoms with E-state index in [0.29, 0.717) is 35.2 Å². The molecule has 39 heavy (non-hydrogen) atoms. The molecule has 0 aliphatic rings. The predicted molar refractivity (Wildman–Crippen MR) is 150 cm³/mol. The number of carbonyl (C=O) groups is 3. The molecule has 3 aromatic rings. The number of carboxylic acid groups (broad SMARTS) is 1. The zero-order valence-corrected chi connectivity index (χ0v) is 23.0. The molecule has 1 aromatic heterocycles. The molecule has 208 valence electrons. The maximum absolute atomic E-state index is 13.0. The molecule has 0 bridgehead atoms. The second kappa shape index (κ2) is 13.5. The Balaban J connectivity index is 1.65. The van der Waals surface area contributed by atoms with Crippen molar-refractivity contribution in [2.24, 2.45) is 11.8 Å². The summed E-state index contributed by atoms with van der Waals surface area (Å²) in [5.41, 5.74) is 3.54. The fourth-order valence-corrected chi connectivity index (χ4v) is 4.12. The summed E-state index contributed by atoms with van der Waals surface area (Å²) in [6, 6.07) is 13.8. The van der Waals surface area contributed by atoms with Crippen molar-refractivity contribution in [2.75, 3.05) is 17.7 Å². The minimum absolute atomic E-state index is 0.109. The van der Waals surface area contributed by atoms with E-state index in [1.165, 1.54) is 7.11 Å². The van der Waals surface area contributed by atoms with Crippen molar-refractivity contribution in [3.05, 3.63) is 71.5 Å². The van der Waals surface area contributed by atoms with Crippen LogP contribution < -0.4 is 20.7 Å². The fraction of sp³-hybridized carbons (Fsp3) is 0.379. The van der Waals surface area contributed by atoms with Crippen LogP contribution >= 0.6 is 0 Å². The van der Waals surface area contributed by atoms with Crippen LogP contribution in [-0.4, -0.2) is 39.9 Å². The number of hydrogen-bond donors (Lipinski definition) is 4. The average molecular weight is 536 g/mol. The molecule has 0 saturated carbocycles. The highest BCUT2D eigenvalue weighted by atomic mass is 16.5. The Bertz CT molecular complexity index is 1300. The summed E-state index contributed by atoms with van der Waals surface area (Å²) in [7, 11) is 1.50. The van der Waals surface area contributed by atoms with Gasteiger partial charge in [-0.1, -0.05) is 45.0 Å². The van der Waals surface area contributed by atoms with Gasteiger partial charge in [-0.15, -0.1) is 0 Å². The van der Waals surface area contributed by atoms with Gasteiger partial charge < -0.3 is 25.8 Å². The van der Waals surface area contributed by atoms with Gasteiger partial charge in [-0.05, 0) is 54.7 Å². The van der Waals surface area contributed by atoms with Gasteiger partial charge in [0, 0.05) is 11.9 Å². The van der Waals surface area contributed by atoms with Crippen LogP contribution in [0.25, 0.3) is 0 Å². The highest BCUT2D eigenvalue weighted by Crippen LogP contribution is 2.27. The molecular weight excluding hydrogens is 498 g/mol. The van der Waals surface area contributed by atoms with Crippen LogP contribution in [0.2, 0.25) is 0 Å². The Morgan fingerprint density at radius 2 is 1.74 bits per heavy atom. The van der Waals surface area contributed by atoms with Crippen molar-refractivity contribution in [1.29, 1.82) is 0 Å². The Morgan fingerprint density at radius 3 is 2.41 bits per heavy atom. The average Bonchev–Trinajstić information content (AvgIpc) is 3.34. The maximum atomic E-state index is 13.0. The molecule has 0 fully saturated rings. The van der Waals surface area contributed by atoms with E-state index in [9.17, 15) is 19.5 Å². The molecule has 0 aliphatic heterocycles. The van der Waals surface area contributed by atoms with Gasteiger partial charge in [-0.25, -0.2) is 4.79 Å². The van der Waals surface area contributed by atoms with Gasteiger partial charge >= 0.3 is 12.0 Å². The third kappa shape index (κ3) is 8.59. The number of para-hydroxylation sites is 1. The normalized spacial score (nSPS) is 12.5. The molecule has 2 atom stereocenters. The van der Waals surface area contributed by atoms with Crippen molar-refractivity contribution in [3.63, 3.8) is 0 Å². The Kier molecular flexibility index (Phi) is 10.1. The van der Waals surface area contributed by atoms with E-state index in [1.54, 1.807) is 36.0 Å². The van der Waals surface area contributed by atoms with Crippen LogP contribution in [-0.2, 0) is 22.6 Å². The van der Waals surface area contributed by atoms with Crippen molar-refractivity contribution in [3.8, 4) is 5.75 Å². The molecule has 1 heterocycles. The summed E-state index contributed by atoms with van der Waals surface area (Å²) in [6.07, 6.45) is 2.52.